The van der Waals surface area contributed by atoms with Gasteiger partial charge in [0.1, 0.15) is 5.60 Å². The number of esters is 1. The Morgan fingerprint density at radius 1 is 1.33 bits per heavy atom. The largest absolute Gasteiger partial charge is 0.480 e. The van der Waals surface area contributed by atoms with Crippen LogP contribution in [-0.4, -0.2) is 36.4 Å². The number of rotatable bonds is 5. The number of hydrogen-bond acceptors (Lipinski definition) is 6. The van der Waals surface area contributed by atoms with Gasteiger partial charge in [0.15, 0.2) is 0 Å². The second-order valence-electron chi connectivity index (χ2n) is 5.95. The number of carbonyl (C=O) groups is 2. The minimum Gasteiger partial charge on any atom is -0.480 e. The molecule has 1 N–H and O–H groups in total. The number of hydrogen-bond donors (Lipinski definition) is 1. The van der Waals surface area contributed by atoms with Gasteiger partial charge in [-0.25, -0.2) is 14.6 Å². The van der Waals surface area contributed by atoms with Gasteiger partial charge in [-0.3, -0.25) is 5.32 Å². The molecule has 7 nitrogen and oxygen atoms in total. The lowest BCUT2D eigenvalue weighted by molar-refractivity contribution is -0.137. The Balaban J connectivity index is 3.15. The predicted molar refractivity (Wildman–Crippen MR) is 91.0 cm³/mol. The van der Waals surface area contributed by atoms with Crippen LogP contribution in [0.25, 0.3) is 6.08 Å². The van der Waals surface area contributed by atoms with E-state index in [1.54, 1.807) is 40.7 Å². The predicted octanol–water partition coefficient (Wildman–Crippen LogP) is 3.32. The molecule has 0 bridgehead atoms. The third kappa shape index (κ3) is 6.28. The minimum atomic E-state index is -0.628. The van der Waals surface area contributed by atoms with E-state index in [1.807, 2.05) is 0 Å². The van der Waals surface area contributed by atoms with Crippen LogP contribution in [-0.2, 0) is 14.3 Å². The number of anilines is 1. The minimum absolute atomic E-state index is 0.273. The van der Waals surface area contributed by atoms with Gasteiger partial charge in [0.25, 0.3) is 0 Å². The van der Waals surface area contributed by atoms with Gasteiger partial charge in [0, 0.05) is 11.8 Å². The highest BCUT2D eigenvalue weighted by Crippen LogP contribution is 2.27. The molecule has 0 fully saturated rings. The second kappa shape index (κ2) is 8.33. The summed E-state index contributed by atoms with van der Waals surface area (Å²) in [7, 11) is 1.46. The smallest absolute Gasteiger partial charge is 0.412 e. The lowest BCUT2D eigenvalue weighted by Crippen LogP contribution is -2.27. The molecule has 0 aliphatic heterocycles. The van der Waals surface area contributed by atoms with Crippen molar-refractivity contribution in [3.05, 3.63) is 23.4 Å². The first-order valence-electron chi connectivity index (χ1n) is 7.56. The molecule has 0 aliphatic rings. The molecule has 1 aromatic rings. The zero-order valence-corrected chi connectivity index (χ0v) is 14.9. The lowest BCUT2D eigenvalue weighted by atomic mass is 10.1. The summed E-state index contributed by atoms with van der Waals surface area (Å²) in [6.45, 7) is 9.07. The summed E-state index contributed by atoms with van der Waals surface area (Å²) in [5, 5.41) is 2.65. The molecule has 1 rings (SSSR count). The van der Waals surface area contributed by atoms with Gasteiger partial charge in [-0.2, -0.15) is 0 Å². The van der Waals surface area contributed by atoms with Crippen LogP contribution in [0.1, 0.15) is 39.0 Å². The topological polar surface area (TPSA) is 86.8 Å². The fraction of sp³-hybridized carbons (Fsp3) is 0.471. The number of aryl methyl sites for hydroxylation is 1. The van der Waals surface area contributed by atoms with Crippen molar-refractivity contribution in [3.63, 3.8) is 0 Å². The zero-order chi connectivity index (χ0) is 18.3. The Morgan fingerprint density at radius 3 is 2.54 bits per heavy atom. The molecule has 1 heterocycles. The number of methoxy groups -OCH3 is 1. The number of ether oxygens (including phenoxy) is 3. The van der Waals surface area contributed by atoms with Gasteiger partial charge in [-0.15, -0.1) is 0 Å². The standard InChI is InChI=1S/C17H24N2O5/c1-7-23-14(20)9-8-12-13(10-11(2)18-15(12)22-6)19-16(21)24-17(3,4)5/h8-10H,7H2,1-6H3,(H,18,19,21)/b9-8+. The van der Waals surface area contributed by atoms with Crippen molar-refractivity contribution < 1.29 is 23.8 Å². The maximum absolute atomic E-state index is 12.0. The first-order chi connectivity index (χ1) is 11.2. The molecule has 0 saturated carbocycles. The van der Waals surface area contributed by atoms with E-state index >= 15 is 0 Å². The molecule has 0 radical (unpaired) electrons. The Hall–Kier alpha value is -2.57. The van der Waals surface area contributed by atoms with Crippen molar-refractivity contribution in [3.8, 4) is 5.88 Å². The van der Waals surface area contributed by atoms with Crippen LogP contribution in [0, 0.1) is 6.92 Å². The van der Waals surface area contributed by atoms with Crippen LogP contribution in [0.4, 0.5) is 10.5 Å². The van der Waals surface area contributed by atoms with Gasteiger partial charge in [0.05, 0.1) is 25.0 Å². The molecular formula is C17H24N2O5. The van der Waals surface area contributed by atoms with Crippen LogP contribution in [0.15, 0.2) is 12.1 Å². The molecule has 0 unspecified atom stereocenters. The van der Waals surface area contributed by atoms with E-state index < -0.39 is 17.7 Å². The number of nitrogens with one attached hydrogen (secondary N) is 1. The van der Waals surface area contributed by atoms with E-state index in [9.17, 15) is 9.59 Å². The van der Waals surface area contributed by atoms with Crippen LogP contribution in [0.3, 0.4) is 0 Å². The molecular weight excluding hydrogens is 312 g/mol. The highest BCUT2D eigenvalue weighted by Gasteiger charge is 2.19. The van der Waals surface area contributed by atoms with Crippen molar-refractivity contribution in [2.45, 2.75) is 40.2 Å². The van der Waals surface area contributed by atoms with E-state index in [4.69, 9.17) is 14.2 Å². The van der Waals surface area contributed by atoms with E-state index in [2.05, 4.69) is 10.3 Å². The van der Waals surface area contributed by atoms with E-state index in [1.165, 1.54) is 19.3 Å². The number of aromatic nitrogens is 1. The summed E-state index contributed by atoms with van der Waals surface area (Å²) < 4.78 is 15.3. The molecule has 1 amide bonds. The Kier molecular flexibility index (Phi) is 6.76. The summed E-state index contributed by atoms with van der Waals surface area (Å²) in [4.78, 5) is 27.8. The SMILES string of the molecule is CCOC(=O)/C=C/c1c(NC(=O)OC(C)(C)C)cc(C)nc1OC. The maximum Gasteiger partial charge on any atom is 0.412 e. The summed E-state index contributed by atoms with van der Waals surface area (Å²) in [5.74, 6) is -0.218. The zero-order valence-electron chi connectivity index (χ0n) is 14.9. The molecule has 0 aliphatic carbocycles. The van der Waals surface area contributed by atoms with Crippen molar-refractivity contribution in [1.29, 1.82) is 0 Å². The molecule has 0 spiro atoms. The number of nitrogens with zero attached hydrogens (tertiary/aromatic N) is 1. The van der Waals surface area contributed by atoms with Crippen molar-refractivity contribution in [1.82, 2.24) is 4.98 Å². The van der Waals surface area contributed by atoms with Gasteiger partial charge in [-0.05, 0) is 46.8 Å². The van der Waals surface area contributed by atoms with Gasteiger partial charge >= 0.3 is 12.1 Å². The summed E-state index contributed by atoms with van der Waals surface area (Å²) in [5.41, 5.74) is 0.888. The molecule has 0 aromatic carbocycles. The first kappa shape index (κ1) is 19.5. The highest BCUT2D eigenvalue weighted by molar-refractivity contribution is 5.93. The summed E-state index contributed by atoms with van der Waals surface area (Å²) >= 11 is 0. The van der Waals surface area contributed by atoms with Crippen molar-refractivity contribution >= 4 is 23.8 Å². The van der Waals surface area contributed by atoms with Crippen LogP contribution >= 0.6 is 0 Å². The van der Waals surface area contributed by atoms with Crippen LogP contribution < -0.4 is 10.1 Å². The molecule has 1 aromatic heterocycles. The van der Waals surface area contributed by atoms with Gasteiger partial charge in [0.2, 0.25) is 5.88 Å². The fourth-order valence-electron chi connectivity index (χ4n) is 1.83. The number of pyridine rings is 1. The molecule has 0 atom stereocenters. The second-order valence-corrected chi connectivity index (χ2v) is 5.95. The number of carbonyl (C=O) groups excluding carboxylic acids is 2. The Bertz CT molecular complexity index is 633. The summed E-state index contributed by atoms with van der Waals surface area (Å²) in [6.07, 6.45) is 2.12. The van der Waals surface area contributed by atoms with Crippen molar-refractivity contribution in [2.24, 2.45) is 0 Å². The molecule has 132 valence electrons. The highest BCUT2D eigenvalue weighted by atomic mass is 16.6. The van der Waals surface area contributed by atoms with E-state index in [0.29, 0.717) is 16.9 Å². The van der Waals surface area contributed by atoms with E-state index in [0.717, 1.165) is 0 Å². The van der Waals surface area contributed by atoms with Crippen LogP contribution in [0.2, 0.25) is 0 Å². The number of amides is 1. The quantitative estimate of drug-likeness (QED) is 0.655. The first-order valence-corrected chi connectivity index (χ1v) is 7.56. The average molecular weight is 336 g/mol. The normalized spacial score (nSPS) is 11.2. The average Bonchev–Trinajstić information content (AvgIpc) is 2.43. The molecule has 0 saturated heterocycles. The Labute approximate surface area is 142 Å². The van der Waals surface area contributed by atoms with Gasteiger partial charge < -0.3 is 14.2 Å². The van der Waals surface area contributed by atoms with E-state index in [-0.39, 0.29) is 12.5 Å². The lowest BCUT2D eigenvalue weighted by Gasteiger charge is -2.20. The molecule has 24 heavy (non-hydrogen) atoms. The maximum atomic E-state index is 12.0. The van der Waals surface area contributed by atoms with Crippen molar-refractivity contribution in [2.75, 3.05) is 19.0 Å². The third-order valence-electron chi connectivity index (χ3n) is 2.65. The monoisotopic (exact) mass is 336 g/mol. The Morgan fingerprint density at radius 2 is 2.00 bits per heavy atom. The van der Waals surface area contributed by atoms with Gasteiger partial charge in [-0.1, -0.05) is 0 Å². The summed E-state index contributed by atoms with van der Waals surface area (Å²) in [6, 6.07) is 1.66. The fourth-order valence-corrected chi connectivity index (χ4v) is 1.83. The van der Waals surface area contributed by atoms with Crippen LogP contribution in [0.5, 0.6) is 5.88 Å². The molecule has 7 heteroatoms. The third-order valence-corrected chi connectivity index (χ3v) is 2.65.